The number of ether oxygens (including phenoxy) is 1. The zero-order valence-electron chi connectivity index (χ0n) is 18.0. The molecule has 2 aliphatic heterocycles. The summed E-state index contributed by atoms with van der Waals surface area (Å²) in [7, 11) is 3.81. The Kier molecular flexibility index (Phi) is 7.70. The third-order valence-corrected chi connectivity index (χ3v) is 5.77. The van der Waals surface area contributed by atoms with E-state index < -0.39 is 0 Å². The minimum Gasteiger partial charge on any atom is -0.370 e. The van der Waals surface area contributed by atoms with E-state index in [1.54, 1.807) is 0 Å². The number of aromatic nitrogens is 2. The number of likely N-dealkylation sites (N-methyl/N-ethyl adjacent to an activating group) is 1. The van der Waals surface area contributed by atoms with Crippen molar-refractivity contribution < 1.29 is 4.74 Å². The van der Waals surface area contributed by atoms with Gasteiger partial charge in [0.2, 0.25) is 0 Å². The van der Waals surface area contributed by atoms with E-state index in [9.17, 15) is 0 Å². The number of hydrogen-bond donors (Lipinski definition) is 1. The van der Waals surface area contributed by atoms with Crippen molar-refractivity contribution in [3.05, 3.63) is 18.0 Å². The zero-order chi connectivity index (χ0) is 19.9. The van der Waals surface area contributed by atoms with Gasteiger partial charge >= 0.3 is 0 Å². The predicted molar refractivity (Wildman–Crippen MR) is 113 cm³/mol. The number of piperazine rings is 1. The second kappa shape index (κ2) is 10.2. The van der Waals surface area contributed by atoms with Crippen LogP contribution in [0.25, 0.3) is 0 Å². The predicted octanol–water partition coefficient (Wildman–Crippen LogP) is 0.642. The number of aliphatic imine (C=N–C) groups is 1. The van der Waals surface area contributed by atoms with E-state index in [2.05, 4.69) is 44.0 Å². The van der Waals surface area contributed by atoms with Crippen molar-refractivity contribution in [1.29, 1.82) is 0 Å². The minimum atomic E-state index is 0.0493. The molecule has 0 spiro atoms. The van der Waals surface area contributed by atoms with Crippen LogP contribution < -0.4 is 5.32 Å². The van der Waals surface area contributed by atoms with Gasteiger partial charge in [0, 0.05) is 71.7 Å². The van der Waals surface area contributed by atoms with Gasteiger partial charge in [0.05, 0.1) is 19.3 Å². The topological polar surface area (TPSA) is 61.2 Å². The molecule has 0 aliphatic carbocycles. The summed E-state index contributed by atoms with van der Waals surface area (Å²) in [6, 6.07) is 0. The average molecular weight is 392 g/mol. The molecule has 0 aromatic carbocycles. The lowest BCUT2D eigenvalue weighted by atomic mass is 10.1. The molecular formula is C20H37N7O. The summed E-state index contributed by atoms with van der Waals surface area (Å²) >= 11 is 0. The first-order valence-electron chi connectivity index (χ1n) is 10.6. The van der Waals surface area contributed by atoms with Gasteiger partial charge in [0.15, 0.2) is 5.96 Å². The molecule has 28 heavy (non-hydrogen) atoms. The van der Waals surface area contributed by atoms with E-state index in [0.29, 0.717) is 12.5 Å². The fourth-order valence-electron chi connectivity index (χ4n) is 4.04. The molecular weight excluding hydrogens is 354 g/mol. The average Bonchev–Trinajstić information content (AvgIpc) is 3.16. The van der Waals surface area contributed by atoms with Crippen LogP contribution in [-0.4, -0.2) is 103 Å². The number of guanidine groups is 1. The molecule has 1 aromatic heterocycles. The van der Waals surface area contributed by atoms with Crippen molar-refractivity contribution >= 4 is 5.96 Å². The fourth-order valence-corrected chi connectivity index (χ4v) is 4.04. The molecule has 2 saturated heterocycles. The van der Waals surface area contributed by atoms with Gasteiger partial charge in [-0.05, 0) is 12.5 Å². The SMILES string of the molecule is CCN1CCN(CC(C)CNC(=NC)N2CCOC(c3cnn(C)c3)C2)CC1. The molecule has 2 aliphatic rings. The van der Waals surface area contributed by atoms with E-state index >= 15 is 0 Å². The van der Waals surface area contributed by atoms with Gasteiger partial charge < -0.3 is 24.8 Å². The highest BCUT2D eigenvalue weighted by Gasteiger charge is 2.25. The van der Waals surface area contributed by atoms with E-state index in [-0.39, 0.29) is 6.10 Å². The normalized spacial score (nSPS) is 23.8. The molecule has 1 N–H and O–H groups in total. The third kappa shape index (κ3) is 5.68. The molecule has 0 amide bonds. The lowest BCUT2D eigenvalue weighted by Crippen LogP contribution is -2.50. The number of aryl methyl sites for hydroxylation is 1. The number of morpholine rings is 1. The van der Waals surface area contributed by atoms with Crippen LogP contribution in [0.2, 0.25) is 0 Å². The Balaban J connectivity index is 1.44. The summed E-state index contributed by atoms with van der Waals surface area (Å²) in [5.41, 5.74) is 1.13. The number of nitrogens with zero attached hydrogens (tertiary/aromatic N) is 6. The Bertz CT molecular complexity index is 624. The molecule has 3 heterocycles. The van der Waals surface area contributed by atoms with E-state index in [1.165, 1.54) is 32.7 Å². The third-order valence-electron chi connectivity index (χ3n) is 5.77. The smallest absolute Gasteiger partial charge is 0.193 e. The Hall–Kier alpha value is -1.64. The van der Waals surface area contributed by atoms with E-state index in [1.807, 2.05) is 31.2 Å². The summed E-state index contributed by atoms with van der Waals surface area (Å²) < 4.78 is 7.78. The van der Waals surface area contributed by atoms with Crippen molar-refractivity contribution in [2.45, 2.75) is 20.0 Å². The van der Waals surface area contributed by atoms with Crippen LogP contribution in [0.4, 0.5) is 0 Å². The highest BCUT2D eigenvalue weighted by molar-refractivity contribution is 5.80. The number of rotatable bonds is 6. The Morgan fingerprint density at radius 1 is 1.29 bits per heavy atom. The fraction of sp³-hybridized carbons (Fsp3) is 0.800. The highest BCUT2D eigenvalue weighted by Crippen LogP contribution is 2.21. The van der Waals surface area contributed by atoms with Crippen molar-refractivity contribution in [3.8, 4) is 0 Å². The second-order valence-corrected chi connectivity index (χ2v) is 8.02. The minimum absolute atomic E-state index is 0.0493. The molecule has 2 unspecified atom stereocenters. The summed E-state index contributed by atoms with van der Waals surface area (Å²) in [6.45, 7) is 15.0. The zero-order valence-corrected chi connectivity index (χ0v) is 18.0. The van der Waals surface area contributed by atoms with Crippen LogP contribution in [0, 0.1) is 5.92 Å². The molecule has 1 aromatic rings. The first-order valence-corrected chi connectivity index (χ1v) is 10.6. The molecule has 2 atom stereocenters. The second-order valence-electron chi connectivity index (χ2n) is 8.02. The summed E-state index contributed by atoms with van der Waals surface area (Å²) in [5, 5.41) is 7.86. The van der Waals surface area contributed by atoms with Crippen LogP contribution >= 0.6 is 0 Å². The molecule has 2 fully saturated rings. The molecule has 0 bridgehead atoms. The first-order chi connectivity index (χ1) is 13.6. The standard InChI is InChI=1S/C20H37N7O/c1-5-25-6-8-26(9-7-25)14-17(2)12-22-20(21-3)27-10-11-28-19(16-27)18-13-23-24(4)15-18/h13,15,17,19H,5-12,14,16H2,1-4H3,(H,21,22). The lowest BCUT2D eigenvalue weighted by Gasteiger charge is -2.36. The number of hydrogen-bond acceptors (Lipinski definition) is 5. The van der Waals surface area contributed by atoms with Gasteiger partial charge in [-0.15, -0.1) is 0 Å². The van der Waals surface area contributed by atoms with Gasteiger partial charge in [-0.3, -0.25) is 9.67 Å². The lowest BCUT2D eigenvalue weighted by molar-refractivity contribution is -0.00809. The molecule has 0 radical (unpaired) electrons. The Labute approximate surface area is 169 Å². The van der Waals surface area contributed by atoms with Crippen molar-refractivity contribution in [3.63, 3.8) is 0 Å². The van der Waals surface area contributed by atoms with Gasteiger partial charge in [0.25, 0.3) is 0 Å². The van der Waals surface area contributed by atoms with Crippen LogP contribution in [-0.2, 0) is 11.8 Å². The summed E-state index contributed by atoms with van der Waals surface area (Å²) in [4.78, 5) is 11.9. The molecule has 8 heteroatoms. The van der Waals surface area contributed by atoms with Crippen LogP contribution in [0.1, 0.15) is 25.5 Å². The summed E-state index contributed by atoms with van der Waals surface area (Å²) in [6.07, 6.45) is 3.98. The Morgan fingerprint density at radius 2 is 2.04 bits per heavy atom. The monoisotopic (exact) mass is 391 g/mol. The van der Waals surface area contributed by atoms with Crippen LogP contribution in [0.5, 0.6) is 0 Å². The Morgan fingerprint density at radius 3 is 2.68 bits per heavy atom. The largest absolute Gasteiger partial charge is 0.370 e. The quantitative estimate of drug-likeness (QED) is 0.567. The molecule has 0 saturated carbocycles. The van der Waals surface area contributed by atoms with Gasteiger partial charge in [-0.2, -0.15) is 5.10 Å². The van der Waals surface area contributed by atoms with Gasteiger partial charge in [-0.1, -0.05) is 13.8 Å². The highest BCUT2D eigenvalue weighted by atomic mass is 16.5. The van der Waals surface area contributed by atoms with Gasteiger partial charge in [0.1, 0.15) is 6.10 Å². The maximum Gasteiger partial charge on any atom is 0.193 e. The van der Waals surface area contributed by atoms with Crippen LogP contribution in [0.15, 0.2) is 17.4 Å². The van der Waals surface area contributed by atoms with Gasteiger partial charge in [-0.25, -0.2) is 0 Å². The van der Waals surface area contributed by atoms with Crippen molar-refractivity contribution in [2.75, 3.05) is 72.6 Å². The molecule has 8 nitrogen and oxygen atoms in total. The maximum atomic E-state index is 5.96. The maximum absolute atomic E-state index is 5.96. The summed E-state index contributed by atoms with van der Waals surface area (Å²) in [5.74, 6) is 1.56. The first kappa shape index (κ1) is 21.1. The van der Waals surface area contributed by atoms with E-state index in [0.717, 1.165) is 37.7 Å². The number of nitrogens with one attached hydrogen (secondary N) is 1. The van der Waals surface area contributed by atoms with E-state index in [4.69, 9.17) is 4.74 Å². The van der Waals surface area contributed by atoms with Crippen molar-refractivity contribution in [2.24, 2.45) is 18.0 Å². The van der Waals surface area contributed by atoms with Crippen molar-refractivity contribution in [1.82, 2.24) is 29.8 Å². The van der Waals surface area contributed by atoms with Crippen LogP contribution in [0.3, 0.4) is 0 Å². The molecule has 158 valence electrons. The molecule has 3 rings (SSSR count).